The highest BCUT2D eigenvalue weighted by atomic mass is 35.5. The van der Waals surface area contributed by atoms with Crippen LogP contribution in [0.3, 0.4) is 0 Å². The van der Waals surface area contributed by atoms with Gasteiger partial charge in [0.25, 0.3) is 0 Å². The molecule has 1 aromatic carbocycles. The minimum atomic E-state index is 0.0268. The average molecular weight is 383 g/mol. The zero-order valence-electron chi connectivity index (χ0n) is 15.1. The third kappa shape index (κ3) is 4.15. The number of fused-ring (bicyclic) bond motifs is 1. The Balaban J connectivity index is 1.44. The summed E-state index contributed by atoms with van der Waals surface area (Å²) in [5.74, 6) is 0.0268. The second kappa shape index (κ2) is 8.11. The van der Waals surface area contributed by atoms with Crippen molar-refractivity contribution in [3.05, 3.63) is 65.1 Å². The molecule has 1 unspecified atom stereocenters. The molecule has 2 N–H and O–H groups in total. The van der Waals surface area contributed by atoms with Crippen LogP contribution in [0.1, 0.15) is 30.0 Å². The van der Waals surface area contributed by atoms with Crippen LogP contribution in [0.25, 0.3) is 10.9 Å². The van der Waals surface area contributed by atoms with Gasteiger partial charge in [0, 0.05) is 29.3 Å². The van der Waals surface area contributed by atoms with E-state index in [2.05, 4.69) is 26.3 Å². The van der Waals surface area contributed by atoms with Crippen molar-refractivity contribution in [1.82, 2.24) is 20.2 Å². The number of hydrogen-bond acceptors (Lipinski definition) is 3. The summed E-state index contributed by atoms with van der Waals surface area (Å²) in [6.45, 7) is 2.70. The largest absolute Gasteiger partial charge is 0.360 e. The third-order valence-electron chi connectivity index (χ3n) is 5.23. The first kappa shape index (κ1) is 18.0. The van der Waals surface area contributed by atoms with Gasteiger partial charge >= 0.3 is 0 Å². The van der Waals surface area contributed by atoms with Crippen molar-refractivity contribution in [3.8, 4) is 0 Å². The van der Waals surface area contributed by atoms with Crippen molar-refractivity contribution in [3.63, 3.8) is 0 Å². The smallest absolute Gasteiger partial charge is 0.224 e. The Labute approximate surface area is 163 Å². The molecule has 140 valence electrons. The van der Waals surface area contributed by atoms with Crippen LogP contribution in [0.5, 0.6) is 0 Å². The molecule has 3 aromatic rings. The van der Waals surface area contributed by atoms with E-state index in [1.54, 1.807) is 12.4 Å². The van der Waals surface area contributed by atoms with Crippen LogP contribution in [0.15, 0.2) is 48.9 Å². The van der Waals surface area contributed by atoms with Crippen molar-refractivity contribution < 1.29 is 4.79 Å². The topological polar surface area (TPSA) is 61.0 Å². The van der Waals surface area contributed by atoms with Gasteiger partial charge < -0.3 is 10.3 Å². The van der Waals surface area contributed by atoms with E-state index < -0.39 is 0 Å². The minimum absolute atomic E-state index is 0.0268. The molecule has 1 saturated heterocycles. The Bertz CT molecular complexity index is 933. The molecule has 0 radical (unpaired) electrons. The van der Waals surface area contributed by atoms with Crippen molar-refractivity contribution >= 4 is 28.4 Å². The Morgan fingerprint density at radius 1 is 1.30 bits per heavy atom. The number of hydrogen-bond donors (Lipinski definition) is 2. The summed E-state index contributed by atoms with van der Waals surface area (Å²) in [4.78, 5) is 22.3. The third-order valence-corrected chi connectivity index (χ3v) is 5.46. The molecule has 1 amide bonds. The Hall–Kier alpha value is -2.37. The summed E-state index contributed by atoms with van der Waals surface area (Å²) < 4.78 is 0. The fourth-order valence-corrected chi connectivity index (χ4v) is 4.05. The predicted octanol–water partition coefficient (Wildman–Crippen LogP) is 3.71. The van der Waals surface area contributed by atoms with Gasteiger partial charge in [-0.15, -0.1) is 0 Å². The maximum Gasteiger partial charge on any atom is 0.224 e. The van der Waals surface area contributed by atoms with Gasteiger partial charge in [-0.05, 0) is 55.3 Å². The molecule has 3 heterocycles. The highest BCUT2D eigenvalue weighted by molar-refractivity contribution is 6.30. The SMILES string of the molecule is O=C(Cc1c[nH]c2cnccc12)NCC(c1cccc(Cl)c1)N1CCCC1. The molecular formula is C21H23ClN4O. The number of amides is 1. The quantitative estimate of drug-likeness (QED) is 0.683. The van der Waals surface area contributed by atoms with E-state index in [0.717, 1.165) is 40.1 Å². The van der Waals surface area contributed by atoms with Crippen LogP contribution in [-0.4, -0.2) is 40.4 Å². The van der Waals surface area contributed by atoms with E-state index in [1.165, 1.54) is 12.8 Å². The van der Waals surface area contributed by atoms with E-state index in [0.29, 0.717) is 13.0 Å². The van der Waals surface area contributed by atoms with Gasteiger partial charge in [-0.3, -0.25) is 14.7 Å². The Morgan fingerprint density at radius 2 is 2.15 bits per heavy atom. The fraction of sp³-hybridized carbons (Fsp3) is 0.333. The molecule has 1 aliphatic heterocycles. The van der Waals surface area contributed by atoms with E-state index >= 15 is 0 Å². The van der Waals surface area contributed by atoms with Crippen molar-refractivity contribution in [2.24, 2.45) is 0 Å². The first-order valence-electron chi connectivity index (χ1n) is 9.37. The first-order chi connectivity index (χ1) is 13.2. The molecule has 2 aromatic heterocycles. The number of aromatic nitrogens is 2. The lowest BCUT2D eigenvalue weighted by atomic mass is 10.1. The summed E-state index contributed by atoms with van der Waals surface area (Å²) in [5.41, 5.74) is 3.10. The van der Waals surface area contributed by atoms with Crippen molar-refractivity contribution in [2.75, 3.05) is 19.6 Å². The molecule has 0 bridgehead atoms. The summed E-state index contributed by atoms with van der Waals surface area (Å²) in [6, 6.07) is 10.0. The van der Waals surface area contributed by atoms with E-state index in [9.17, 15) is 4.79 Å². The summed E-state index contributed by atoms with van der Waals surface area (Å²) >= 11 is 6.19. The number of carbonyl (C=O) groups excluding carboxylic acids is 1. The van der Waals surface area contributed by atoms with Gasteiger partial charge in [0.05, 0.1) is 24.2 Å². The van der Waals surface area contributed by atoms with Gasteiger partial charge in [-0.1, -0.05) is 23.7 Å². The monoisotopic (exact) mass is 382 g/mol. The Kier molecular flexibility index (Phi) is 5.41. The number of H-pyrrole nitrogens is 1. The summed E-state index contributed by atoms with van der Waals surface area (Å²) in [5, 5.41) is 4.91. The molecular weight excluding hydrogens is 360 g/mol. The van der Waals surface area contributed by atoms with Gasteiger partial charge in [-0.25, -0.2) is 0 Å². The molecule has 4 rings (SSSR count). The van der Waals surface area contributed by atoms with E-state index in [4.69, 9.17) is 11.6 Å². The average Bonchev–Trinajstić information content (AvgIpc) is 3.33. The fourth-order valence-electron chi connectivity index (χ4n) is 3.85. The van der Waals surface area contributed by atoms with Gasteiger partial charge in [0.15, 0.2) is 0 Å². The highest BCUT2D eigenvalue weighted by Crippen LogP contribution is 2.26. The number of halogens is 1. The number of nitrogens with zero attached hydrogens (tertiary/aromatic N) is 2. The summed E-state index contributed by atoms with van der Waals surface area (Å²) in [7, 11) is 0. The van der Waals surface area contributed by atoms with E-state index in [1.807, 2.05) is 30.5 Å². The zero-order chi connectivity index (χ0) is 18.6. The maximum atomic E-state index is 12.6. The maximum absolute atomic E-state index is 12.6. The van der Waals surface area contributed by atoms with Crippen LogP contribution < -0.4 is 5.32 Å². The number of nitrogens with one attached hydrogen (secondary N) is 2. The standard InChI is InChI=1S/C21H23ClN4O/c22-17-5-3-4-15(10-17)20(26-8-1-2-9-26)14-25-21(27)11-16-12-24-19-13-23-7-6-18(16)19/h3-7,10,12-13,20,24H,1-2,8-9,11,14H2,(H,25,27). The molecule has 1 atom stereocenters. The van der Waals surface area contributed by atoms with Crippen LogP contribution >= 0.6 is 11.6 Å². The van der Waals surface area contributed by atoms with Gasteiger partial charge in [-0.2, -0.15) is 0 Å². The molecule has 27 heavy (non-hydrogen) atoms. The lowest BCUT2D eigenvalue weighted by molar-refractivity contribution is -0.120. The summed E-state index contributed by atoms with van der Waals surface area (Å²) in [6.07, 6.45) is 8.18. The molecule has 5 nitrogen and oxygen atoms in total. The number of benzene rings is 1. The molecule has 0 aliphatic carbocycles. The van der Waals surface area contributed by atoms with Crippen molar-refractivity contribution in [2.45, 2.75) is 25.3 Å². The van der Waals surface area contributed by atoms with Gasteiger partial charge in [0.1, 0.15) is 0 Å². The van der Waals surface area contributed by atoms with Crippen LogP contribution in [-0.2, 0) is 11.2 Å². The molecule has 0 spiro atoms. The first-order valence-corrected chi connectivity index (χ1v) is 9.75. The van der Waals surface area contributed by atoms with Crippen LogP contribution in [0.2, 0.25) is 5.02 Å². The second-order valence-electron chi connectivity index (χ2n) is 7.03. The lowest BCUT2D eigenvalue weighted by Gasteiger charge is -2.28. The predicted molar refractivity (Wildman–Crippen MR) is 108 cm³/mol. The Morgan fingerprint density at radius 3 is 2.96 bits per heavy atom. The number of rotatable bonds is 6. The van der Waals surface area contributed by atoms with Crippen LogP contribution in [0.4, 0.5) is 0 Å². The van der Waals surface area contributed by atoms with Crippen LogP contribution in [0, 0.1) is 0 Å². The number of aromatic amines is 1. The molecule has 6 heteroatoms. The second-order valence-corrected chi connectivity index (χ2v) is 7.47. The highest BCUT2D eigenvalue weighted by Gasteiger charge is 2.24. The molecule has 1 fully saturated rings. The van der Waals surface area contributed by atoms with Crippen molar-refractivity contribution in [1.29, 1.82) is 0 Å². The number of carbonyl (C=O) groups is 1. The van der Waals surface area contributed by atoms with E-state index in [-0.39, 0.29) is 11.9 Å². The molecule has 0 saturated carbocycles. The molecule has 1 aliphatic rings. The minimum Gasteiger partial charge on any atom is -0.360 e. The zero-order valence-corrected chi connectivity index (χ0v) is 15.9. The normalized spacial score (nSPS) is 15.9. The lowest BCUT2D eigenvalue weighted by Crippen LogP contribution is -2.37. The number of pyridine rings is 1. The number of likely N-dealkylation sites (tertiary alicyclic amines) is 1. The van der Waals surface area contributed by atoms with Gasteiger partial charge in [0.2, 0.25) is 5.91 Å².